The van der Waals surface area contributed by atoms with Gasteiger partial charge in [-0.3, -0.25) is 0 Å². The first-order valence-electron chi connectivity index (χ1n) is 5.70. The lowest BCUT2D eigenvalue weighted by atomic mass is 9.77. The number of benzene rings is 1. The molecule has 1 aromatic rings. The molecule has 3 heteroatoms. The molecular formula is C13H19F2N. The molecule has 0 spiro atoms. The van der Waals surface area contributed by atoms with Crippen molar-refractivity contribution in [3.05, 3.63) is 35.4 Å². The van der Waals surface area contributed by atoms with Crippen LogP contribution in [0, 0.1) is 17.0 Å². The summed E-state index contributed by atoms with van der Waals surface area (Å²) in [7, 11) is 0. The summed E-state index contributed by atoms with van der Waals surface area (Å²) in [6, 6.07) is 3.67. The van der Waals surface area contributed by atoms with Crippen molar-refractivity contribution < 1.29 is 8.78 Å². The number of hydrogen-bond acceptors (Lipinski definition) is 1. The highest BCUT2D eigenvalue weighted by atomic mass is 19.1. The SMILES string of the molecule is CCC(CC)(CN)Cc1cc(F)cc(F)c1. The molecule has 2 N–H and O–H groups in total. The summed E-state index contributed by atoms with van der Waals surface area (Å²) in [4.78, 5) is 0. The van der Waals surface area contributed by atoms with Crippen molar-refractivity contribution in [3.63, 3.8) is 0 Å². The highest BCUT2D eigenvalue weighted by molar-refractivity contribution is 5.19. The van der Waals surface area contributed by atoms with Gasteiger partial charge in [0.25, 0.3) is 0 Å². The van der Waals surface area contributed by atoms with E-state index in [0.717, 1.165) is 18.9 Å². The molecule has 0 atom stereocenters. The van der Waals surface area contributed by atoms with E-state index in [1.165, 1.54) is 12.1 Å². The summed E-state index contributed by atoms with van der Waals surface area (Å²) in [5.41, 5.74) is 6.41. The molecule has 1 nitrogen and oxygen atoms in total. The molecule has 0 saturated heterocycles. The second-order valence-electron chi connectivity index (χ2n) is 4.37. The Labute approximate surface area is 95.7 Å². The fourth-order valence-electron chi connectivity index (χ4n) is 2.01. The minimum absolute atomic E-state index is 0.0414. The summed E-state index contributed by atoms with van der Waals surface area (Å²) < 4.78 is 26.1. The van der Waals surface area contributed by atoms with Crippen molar-refractivity contribution >= 4 is 0 Å². The second kappa shape index (κ2) is 5.39. The Bertz CT molecular complexity index is 317. The van der Waals surface area contributed by atoms with Crippen molar-refractivity contribution in [3.8, 4) is 0 Å². The molecule has 0 bridgehead atoms. The molecule has 0 saturated carbocycles. The van der Waals surface area contributed by atoms with Gasteiger partial charge in [0.2, 0.25) is 0 Å². The third-order valence-corrected chi connectivity index (χ3v) is 3.43. The molecule has 0 unspecified atom stereocenters. The first-order valence-corrected chi connectivity index (χ1v) is 5.70. The highest BCUT2D eigenvalue weighted by Crippen LogP contribution is 2.30. The van der Waals surface area contributed by atoms with Gasteiger partial charge in [-0.05, 0) is 48.9 Å². The molecule has 1 rings (SSSR count). The summed E-state index contributed by atoms with van der Waals surface area (Å²) in [5.74, 6) is -1.04. The van der Waals surface area contributed by atoms with Gasteiger partial charge in [0.1, 0.15) is 11.6 Å². The third kappa shape index (κ3) is 3.01. The summed E-state index contributed by atoms with van der Waals surface area (Å²) in [5, 5.41) is 0. The van der Waals surface area contributed by atoms with Gasteiger partial charge in [-0.15, -0.1) is 0 Å². The van der Waals surface area contributed by atoms with E-state index >= 15 is 0 Å². The van der Waals surface area contributed by atoms with Gasteiger partial charge in [-0.2, -0.15) is 0 Å². The topological polar surface area (TPSA) is 26.0 Å². The van der Waals surface area contributed by atoms with Crippen LogP contribution in [0.2, 0.25) is 0 Å². The minimum atomic E-state index is -0.520. The Morgan fingerprint density at radius 2 is 1.56 bits per heavy atom. The van der Waals surface area contributed by atoms with Crippen LogP contribution in [0.15, 0.2) is 18.2 Å². The molecule has 0 heterocycles. The van der Waals surface area contributed by atoms with Gasteiger partial charge in [0.05, 0.1) is 0 Å². The molecule has 90 valence electrons. The first-order chi connectivity index (χ1) is 7.55. The second-order valence-corrected chi connectivity index (χ2v) is 4.37. The van der Waals surface area contributed by atoms with E-state index in [2.05, 4.69) is 13.8 Å². The molecular weight excluding hydrogens is 208 g/mol. The van der Waals surface area contributed by atoms with E-state index in [0.29, 0.717) is 18.5 Å². The Hall–Kier alpha value is -0.960. The van der Waals surface area contributed by atoms with Crippen molar-refractivity contribution in [1.82, 2.24) is 0 Å². The Balaban J connectivity index is 2.93. The van der Waals surface area contributed by atoms with Crippen LogP contribution < -0.4 is 5.73 Å². The van der Waals surface area contributed by atoms with Gasteiger partial charge in [0, 0.05) is 6.07 Å². The highest BCUT2D eigenvalue weighted by Gasteiger charge is 2.25. The van der Waals surface area contributed by atoms with E-state index in [1.807, 2.05) is 0 Å². The predicted octanol–water partition coefficient (Wildman–Crippen LogP) is 3.27. The summed E-state index contributed by atoms with van der Waals surface area (Å²) in [6.07, 6.45) is 2.46. The zero-order valence-corrected chi connectivity index (χ0v) is 9.89. The van der Waals surface area contributed by atoms with Crippen LogP contribution in [0.5, 0.6) is 0 Å². The molecule has 0 aliphatic heterocycles. The number of rotatable bonds is 5. The quantitative estimate of drug-likeness (QED) is 0.820. The van der Waals surface area contributed by atoms with Crippen molar-refractivity contribution in [2.75, 3.05) is 6.54 Å². The number of nitrogens with two attached hydrogens (primary N) is 1. The van der Waals surface area contributed by atoms with E-state index in [-0.39, 0.29) is 5.41 Å². The van der Waals surface area contributed by atoms with Crippen molar-refractivity contribution in [2.24, 2.45) is 11.1 Å². The van der Waals surface area contributed by atoms with Crippen molar-refractivity contribution in [2.45, 2.75) is 33.1 Å². The molecule has 0 amide bonds. The Morgan fingerprint density at radius 3 is 1.94 bits per heavy atom. The van der Waals surface area contributed by atoms with E-state index in [4.69, 9.17) is 5.73 Å². The smallest absolute Gasteiger partial charge is 0.126 e. The average molecular weight is 227 g/mol. The van der Waals surface area contributed by atoms with Gasteiger partial charge >= 0.3 is 0 Å². The van der Waals surface area contributed by atoms with Gasteiger partial charge in [-0.25, -0.2) is 8.78 Å². The van der Waals surface area contributed by atoms with Crippen LogP contribution in [-0.4, -0.2) is 6.54 Å². The molecule has 0 aliphatic carbocycles. The monoisotopic (exact) mass is 227 g/mol. The number of halogens is 2. The summed E-state index contributed by atoms with van der Waals surface area (Å²) in [6.45, 7) is 4.66. The van der Waals surface area contributed by atoms with Crippen LogP contribution in [0.25, 0.3) is 0 Å². The normalized spacial score (nSPS) is 11.8. The van der Waals surface area contributed by atoms with Crippen LogP contribution >= 0.6 is 0 Å². The zero-order chi connectivity index (χ0) is 12.2. The maximum absolute atomic E-state index is 13.0. The Kier molecular flexibility index (Phi) is 4.42. The lowest BCUT2D eigenvalue weighted by Crippen LogP contribution is -2.31. The maximum atomic E-state index is 13.0. The fourth-order valence-corrected chi connectivity index (χ4v) is 2.01. The Morgan fingerprint density at radius 1 is 1.06 bits per heavy atom. The van der Waals surface area contributed by atoms with E-state index in [9.17, 15) is 8.78 Å². The molecule has 0 aromatic heterocycles. The molecule has 0 aliphatic rings. The van der Waals surface area contributed by atoms with Crippen molar-refractivity contribution in [1.29, 1.82) is 0 Å². The van der Waals surface area contributed by atoms with Crippen LogP contribution in [0.1, 0.15) is 32.3 Å². The van der Waals surface area contributed by atoms with Crippen LogP contribution in [0.3, 0.4) is 0 Å². The predicted molar refractivity (Wildman–Crippen MR) is 62.1 cm³/mol. The third-order valence-electron chi connectivity index (χ3n) is 3.43. The zero-order valence-electron chi connectivity index (χ0n) is 9.89. The molecule has 1 aromatic carbocycles. The van der Waals surface area contributed by atoms with Gasteiger partial charge in [-0.1, -0.05) is 13.8 Å². The minimum Gasteiger partial charge on any atom is -0.330 e. The molecule has 0 radical (unpaired) electrons. The standard InChI is InChI=1S/C13H19F2N/c1-3-13(4-2,9-16)8-10-5-11(14)7-12(15)6-10/h5-7H,3-4,8-9,16H2,1-2H3. The molecule has 0 fully saturated rings. The van der Waals surface area contributed by atoms with Gasteiger partial charge < -0.3 is 5.73 Å². The maximum Gasteiger partial charge on any atom is 0.126 e. The average Bonchev–Trinajstić information content (AvgIpc) is 2.25. The van der Waals surface area contributed by atoms with Gasteiger partial charge in [0.15, 0.2) is 0 Å². The number of hydrogen-bond donors (Lipinski definition) is 1. The van der Waals surface area contributed by atoms with E-state index in [1.54, 1.807) is 0 Å². The van der Waals surface area contributed by atoms with Crippen LogP contribution in [0.4, 0.5) is 8.78 Å². The van der Waals surface area contributed by atoms with E-state index < -0.39 is 11.6 Å². The summed E-state index contributed by atoms with van der Waals surface area (Å²) >= 11 is 0. The first kappa shape index (κ1) is 13.1. The van der Waals surface area contributed by atoms with Crippen LogP contribution in [-0.2, 0) is 6.42 Å². The lowest BCUT2D eigenvalue weighted by molar-refractivity contribution is 0.270. The lowest BCUT2D eigenvalue weighted by Gasteiger charge is -2.30. The largest absolute Gasteiger partial charge is 0.330 e. The fraction of sp³-hybridized carbons (Fsp3) is 0.538. The molecule has 16 heavy (non-hydrogen) atoms.